The lowest BCUT2D eigenvalue weighted by atomic mass is 9.94. The predicted octanol–water partition coefficient (Wildman–Crippen LogP) is 2.99. The molecule has 0 saturated heterocycles. The number of aromatic nitrogens is 1. The van der Waals surface area contributed by atoms with E-state index in [0.717, 1.165) is 16.7 Å². The van der Waals surface area contributed by atoms with Crippen molar-refractivity contribution in [1.29, 1.82) is 0 Å². The summed E-state index contributed by atoms with van der Waals surface area (Å²) in [6.07, 6.45) is 1.56. The molecule has 0 fully saturated rings. The van der Waals surface area contributed by atoms with Crippen LogP contribution in [0.25, 0.3) is 11.5 Å². The number of aliphatic carboxylic acids is 1. The van der Waals surface area contributed by atoms with E-state index in [9.17, 15) is 14.7 Å². The molecule has 1 N–H and O–H groups in total. The van der Waals surface area contributed by atoms with E-state index in [2.05, 4.69) is 4.98 Å². The van der Waals surface area contributed by atoms with Crippen LogP contribution in [-0.4, -0.2) is 32.9 Å². The van der Waals surface area contributed by atoms with Crippen LogP contribution >= 0.6 is 0 Å². The predicted molar refractivity (Wildman–Crippen MR) is 93.4 cm³/mol. The third-order valence-electron chi connectivity index (χ3n) is 4.54. The molecule has 130 valence electrons. The summed E-state index contributed by atoms with van der Waals surface area (Å²) in [5.41, 5.74) is 2.76. The first-order chi connectivity index (χ1) is 12.6. The summed E-state index contributed by atoms with van der Waals surface area (Å²) in [4.78, 5) is 30.2. The van der Waals surface area contributed by atoms with Crippen molar-refractivity contribution in [3.05, 3.63) is 77.7 Å². The molecule has 1 atom stereocenters. The number of carboxylic acids is 1. The molecule has 0 aliphatic carbocycles. The molecule has 26 heavy (non-hydrogen) atoms. The number of carbonyl (C=O) groups is 2. The highest BCUT2D eigenvalue weighted by molar-refractivity contribution is 5.95. The standard InChI is InChI=1S/C20H16N2O4/c23-19(16-12-26-18(21-16)13-6-2-1-3-7-13)22-11-15-9-5-4-8-14(15)10-17(22)20(24)25/h1-9,12,17H,10-11H2,(H,24,25)/t17-/m0/s1. The number of fused-ring (bicyclic) bond motifs is 1. The van der Waals surface area contributed by atoms with E-state index in [1.54, 1.807) is 0 Å². The van der Waals surface area contributed by atoms with Gasteiger partial charge in [0, 0.05) is 18.5 Å². The molecule has 0 radical (unpaired) electrons. The van der Waals surface area contributed by atoms with Gasteiger partial charge in [-0.1, -0.05) is 42.5 Å². The second kappa shape index (κ2) is 6.48. The smallest absolute Gasteiger partial charge is 0.326 e. The Kier molecular flexibility index (Phi) is 4.01. The normalized spacial score (nSPS) is 16.2. The first-order valence-electron chi connectivity index (χ1n) is 8.25. The Hall–Kier alpha value is -3.41. The molecule has 6 nitrogen and oxygen atoms in total. The second-order valence-electron chi connectivity index (χ2n) is 6.16. The van der Waals surface area contributed by atoms with Crippen molar-refractivity contribution in [2.75, 3.05) is 0 Å². The summed E-state index contributed by atoms with van der Waals surface area (Å²) in [5, 5.41) is 9.58. The van der Waals surface area contributed by atoms with Crippen LogP contribution in [0.4, 0.5) is 0 Å². The Balaban J connectivity index is 1.65. The van der Waals surface area contributed by atoms with Crippen molar-refractivity contribution < 1.29 is 19.1 Å². The molecule has 3 aromatic rings. The molecule has 0 saturated carbocycles. The minimum Gasteiger partial charge on any atom is -0.480 e. The molecular formula is C20H16N2O4. The Bertz CT molecular complexity index is 965. The number of nitrogens with zero attached hydrogens (tertiary/aromatic N) is 2. The number of rotatable bonds is 3. The zero-order valence-electron chi connectivity index (χ0n) is 13.8. The number of benzene rings is 2. The molecule has 0 bridgehead atoms. The van der Waals surface area contributed by atoms with Gasteiger partial charge in [-0.3, -0.25) is 4.79 Å². The summed E-state index contributed by atoms with van der Waals surface area (Å²) in [5.74, 6) is -1.14. The number of hydrogen-bond acceptors (Lipinski definition) is 4. The lowest BCUT2D eigenvalue weighted by molar-refractivity contribution is -0.142. The molecule has 4 rings (SSSR count). The molecule has 1 amide bonds. The van der Waals surface area contributed by atoms with E-state index in [-0.39, 0.29) is 18.7 Å². The average Bonchev–Trinajstić information content (AvgIpc) is 3.17. The van der Waals surface area contributed by atoms with Crippen LogP contribution in [0.3, 0.4) is 0 Å². The molecule has 0 spiro atoms. The molecule has 1 aliphatic rings. The fraction of sp³-hybridized carbons (Fsp3) is 0.150. The van der Waals surface area contributed by atoms with Crippen molar-refractivity contribution >= 4 is 11.9 Å². The zero-order valence-corrected chi connectivity index (χ0v) is 13.8. The van der Waals surface area contributed by atoms with Gasteiger partial charge in [-0.2, -0.15) is 0 Å². The van der Waals surface area contributed by atoms with Crippen LogP contribution in [0.15, 0.2) is 65.3 Å². The van der Waals surface area contributed by atoms with E-state index >= 15 is 0 Å². The van der Waals surface area contributed by atoms with Crippen molar-refractivity contribution in [2.24, 2.45) is 0 Å². The van der Waals surface area contributed by atoms with Gasteiger partial charge in [-0.05, 0) is 23.3 Å². The van der Waals surface area contributed by atoms with E-state index in [0.29, 0.717) is 5.89 Å². The first kappa shape index (κ1) is 16.1. The van der Waals surface area contributed by atoms with E-state index in [1.165, 1.54) is 11.2 Å². The van der Waals surface area contributed by atoms with Gasteiger partial charge in [0.15, 0.2) is 5.69 Å². The molecule has 1 aliphatic heterocycles. The maximum atomic E-state index is 12.9. The van der Waals surface area contributed by atoms with Gasteiger partial charge in [0.2, 0.25) is 5.89 Å². The Morgan fingerprint density at radius 1 is 1.04 bits per heavy atom. The maximum Gasteiger partial charge on any atom is 0.326 e. The molecular weight excluding hydrogens is 332 g/mol. The van der Waals surface area contributed by atoms with Gasteiger partial charge in [0.05, 0.1) is 0 Å². The minimum absolute atomic E-state index is 0.106. The lowest BCUT2D eigenvalue weighted by Gasteiger charge is -2.33. The maximum absolute atomic E-state index is 12.9. The summed E-state index contributed by atoms with van der Waals surface area (Å²) in [7, 11) is 0. The third kappa shape index (κ3) is 2.86. The van der Waals surface area contributed by atoms with E-state index in [4.69, 9.17) is 4.42 Å². The van der Waals surface area contributed by atoms with Gasteiger partial charge in [-0.25, -0.2) is 9.78 Å². The lowest BCUT2D eigenvalue weighted by Crippen LogP contribution is -2.48. The Morgan fingerprint density at radius 3 is 2.46 bits per heavy atom. The summed E-state index contributed by atoms with van der Waals surface area (Å²) in [6.45, 7) is 0.236. The molecule has 2 heterocycles. The quantitative estimate of drug-likeness (QED) is 0.787. The highest BCUT2D eigenvalue weighted by atomic mass is 16.4. The van der Waals surface area contributed by atoms with Gasteiger partial charge >= 0.3 is 5.97 Å². The second-order valence-corrected chi connectivity index (χ2v) is 6.16. The largest absolute Gasteiger partial charge is 0.480 e. The minimum atomic E-state index is -1.03. The van der Waals surface area contributed by atoms with Gasteiger partial charge in [-0.15, -0.1) is 0 Å². The van der Waals surface area contributed by atoms with Crippen LogP contribution in [-0.2, 0) is 17.8 Å². The number of amides is 1. The van der Waals surface area contributed by atoms with Crippen LogP contribution in [0.2, 0.25) is 0 Å². The number of carbonyl (C=O) groups excluding carboxylic acids is 1. The highest BCUT2D eigenvalue weighted by Crippen LogP contribution is 2.26. The fourth-order valence-corrected chi connectivity index (χ4v) is 3.19. The SMILES string of the molecule is O=C(O)[C@@H]1Cc2ccccc2CN1C(=O)c1coc(-c2ccccc2)n1. The van der Waals surface area contributed by atoms with Crippen LogP contribution < -0.4 is 0 Å². The van der Waals surface area contributed by atoms with Gasteiger partial charge in [0.25, 0.3) is 5.91 Å². The van der Waals surface area contributed by atoms with Crippen molar-refractivity contribution in [2.45, 2.75) is 19.0 Å². The van der Waals surface area contributed by atoms with Gasteiger partial charge in [0.1, 0.15) is 12.3 Å². The van der Waals surface area contributed by atoms with Crippen molar-refractivity contribution in [3.63, 3.8) is 0 Å². The van der Waals surface area contributed by atoms with Crippen molar-refractivity contribution in [1.82, 2.24) is 9.88 Å². The third-order valence-corrected chi connectivity index (χ3v) is 4.54. The van der Waals surface area contributed by atoms with Crippen LogP contribution in [0.1, 0.15) is 21.6 Å². The van der Waals surface area contributed by atoms with Gasteiger partial charge < -0.3 is 14.4 Å². The average molecular weight is 348 g/mol. The highest BCUT2D eigenvalue weighted by Gasteiger charge is 2.36. The van der Waals surface area contributed by atoms with E-state index in [1.807, 2.05) is 54.6 Å². The summed E-state index contributed by atoms with van der Waals surface area (Å²) < 4.78 is 5.42. The molecule has 6 heteroatoms. The number of carboxylic acid groups (broad SMARTS) is 1. The van der Waals surface area contributed by atoms with Crippen LogP contribution in [0.5, 0.6) is 0 Å². The number of hydrogen-bond donors (Lipinski definition) is 1. The van der Waals surface area contributed by atoms with Crippen LogP contribution in [0, 0.1) is 0 Å². The van der Waals surface area contributed by atoms with Crippen molar-refractivity contribution in [3.8, 4) is 11.5 Å². The summed E-state index contributed by atoms with van der Waals surface area (Å²) in [6, 6.07) is 15.9. The Labute approximate surface area is 149 Å². The summed E-state index contributed by atoms with van der Waals surface area (Å²) >= 11 is 0. The molecule has 1 aromatic heterocycles. The fourth-order valence-electron chi connectivity index (χ4n) is 3.19. The topological polar surface area (TPSA) is 83.6 Å². The molecule has 2 aromatic carbocycles. The zero-order chi connectivity index (χ0) is 18.1. The number of oxazole rings is 1. The monoisotopic (exact) mass is 348 g/mol. The van der Waals surface area contributed by atoms with E-state index < -0.39 is 17.9 Å². The first-order valence-corrected chi connectivity index (χ1v) is 8.25. The Morgan fingerprint density at radius 2 is 1.73 bits per heavy atom. The molecule has 0 unspecified atom stereocenters.